The Balaban J connectivity index is 1.97. The number of nitrogens with two attached hydrogens (primary N) is 1. The number of rotatable bonds is 8. The molecule has 0 aromatic heterocycles. The van der Waals surface area contributed by atoms with Gasteiger partial charge in [-0.15, -0.1) is 0 Å². The van der Waals surface area contributed by atoms with Crippen LogP contribution < -0.4 is 5.73 Å². The zero-order valence-corrected chi connectivity index (χ0v) is 15.5. The van der Waals surface area contributed by atoms with Gasteiger partial charge in [-0.3, -0.25) is 0 Å². The highest BCUT2D eigenvalue weighted by atomic mass is 16.5. The van der Waals surface area contributed by atoms with E-state index in [1.54, 1.807) is 0 Å². The highest BCUT2D eigenvalue weighted by Gasteiger charge is 2.08. The number of ether oxygens (including phenoxy) is 1. The van der Waals surface area contributed by atoms with Gasteiger partial charge in [-0.05, 0) is 49.4 Å². The van der Waals surface area contributed by atoms with Crippen LogP contribution >= 0.6 is 0 Å². The van der Waals surface area contributed by atoms with Gasteiger partial charge in [-0.2, -0.15) is 0 Å². The Bertz CT molecular complexity index is 716. The molecule has 0 bridgehead atoms. The zero-order valence-electron chi connectivity index (χ0n) is 15.5. The van der Waals surface area contributed by atoms with E-state index in [2.05, 4.69) is 50.3 Å². The fraction of sp³-hybridized carbons (Fsp3) is 0.304. The van der Waals surface area contributed by atoms with Crippen LogP contribution in [-0.4, -0.2) is 6.04 Å². The van der Waals surface area contributed by atoms with Crippen molar-refractivity contribution in [1.29, 1.82) is 0 Å². The number of hydrogen-bond donors (Lipinski definition) is 1. The molecule has 0 spiro atoms. The molecule has 0 aliphatic rings. The van der Waals surface area contributed by atoms with Crippen molar-refractivity contribution in [3.05, 3.63) is 94.6 Å². The van der Waals surface area contributed by atoms with Crippen molar-refractivity contribution in [2.45, 2.75) is 46.4 Å². The highest BCUT2D eigenvalue weighted by molar-refractivity contribution is 5.32. The van der Waals surface area contributed by atoms with E-state index in [1.165, 1.54) is 27.8 Å². The van der Waals surface area contributed by atoms with E-state index in [1.807, 2.05) is 37.3 Å². The van der Waals surface area contributed by atoms with Gasteiger partial charge in [0.05, 0.1) is 13.2 Å². The van der Waals surface area contributed by atoms with E-state index in [9.17, 15) is 0 Å². The molecule has 2 nitrogen and oxygen atoms in total. The standard InChI is InChI=1S/C23H29NO/c1-4-5-9-19(3)23(24)15-21-13-12-18(2)22(14-21)17-25-16-20-10-7-6-8-11-20/h4-14,23H,15-17,24H2,1-3H3/b5-4-,19-9+. The van der Waals surface area contributed by atoms with Crippen molar-refractivity contribution in [2.75, 3.05) is 0 Å². The molecule has 1 unspecified atom stereocenters. The summed E-state index contributed by atoms with van der Waals surface area (Å²) in [5, 5.41) is 0. The van der Waals surface area contributed by atoms with Crippen LogP contribution in [0.5, 0.6) is 0 Å². The average molecular weight is 335 g/mol. The third kappa shape index (κ3) is 6.33. The van der Waals surface area contributed by atoms with Gasteiger partial charge in [0.15, 0.2) is 0 Å². The van der Waals surface area contributed by atoms with Crippen molar-refractivity contribution in [2.24, 2.45) is 5.73 Å². The monoisotopic (exact) mass is 335 g/mol. The first kappa shape index (κ1) is 19.2. The Morgan fingerprint density at radius 1 is 1.08 bits per heavy atom. The Morgan fingerprint density at radius 2 is 1.84 bits per heavy atom. The minimum Gasteiger partial charge on any atom is -0.372 e. The molecule has 132 valence electrons. The molecule has 2 N–H and O–H groups in total. The molecule has 2 aromatic rings. The lowest BCUT2D eigenvalue weighted by molar-refractivity contribution is 0.107. The molecule has 2 heteroatoms. The first-order valence-electron chi connectivity index (χ1n) is 8.85. The lowest BCUT2D eigenvalue weighted by Gasteiger charge is -2.14. The molecule has 0 amide bonds. The van der Waals surface area contributed by atoms with Crippen LogP contribution in [0.25, 0.3) is 0 Å². The van der Waals surface area contributed by atoms with Crippen molar-refractivity contribution in [3.63, 3.8) is 0 Å². The maximum atomic E-state index is 6.32. The smallest absolute Gasteiger partial charge is 0.0724 e. The minimum atomic E-state index is 0.0389. The Labute approximate surface area is 152 Å². The van der Waals surface area contributed by atoms with Gasteiger partial charge >= 0.3 is 0 Å². The average Bonchev–Trinajstić information content (AvgIpc) is 2.63. The topological polar surface area (TPSA) is 35.2 Å². The van der Waals surface area contributed by atoms with Crippen molar-refractivity contribution >= 4 is 0 Å². The number of aryl methyl sites for hydroxylation is 1. The number of hydrogen-bond acceptors (Lipinski definition) is 2. The summed E-state index contributed by atoms with van der Waals surface area (Å²) in [7, 11) is 0. The predicted octanol–water partition coefficient (Wildman–Crippen LogP) is 5.10. The maximum Gasteiger partial charge on any atom is 0.0724 e. The molecule has 1 atom stereocenters. The molecule has 0 heterocycles. The van der Waals surface area contributed by atoms with Crippen molar-refractivity contribution < 1.29 is 4.74 Å². The fourth-order valence-electron chi connectivity index (χ4n) is 2.65. The summed E-state index contributed by atoms with van der Waals surface area (Å²) in [6, 6.07) is 16.9. The van der Waals surface area contributed by atoms with Gasteiger partial charge in [-0.1, -0.05) is 72.3 Å². The van der Waals surface area contributed by atoms with E-state index in [-0.39, 0.29) is 6.04 Å². The summed E-state index contributed by atoms with van der Waals surface area (Å²) in [6.07, 6.45) is 6.98. The molecule has 2 aromatic carbocycles. The van der Waals surface area contributed by atoms with Crippen LogP contribution in [0, 0.1) is 6.92 Å². The molecule has 0 saturated carbocycles. The molecule has 0 aliphatic heterocycles. The van der Waals surface area contributed by atoms with Crippen LogP contribution in [0.1, 0.15) is 36.1 Å². The molecular weight excluding hydrogens is 306 g/mol. The molecule has 0 aliphatic carbocycles. The molecule has 0 radical (unpaired) electrons. The van der Waals surface area contributed by atoms with E-state index in [4.69, 9.17) is 10.5 Å². The number of allylic oxidation sites excluding steroid dienone is 3. The summed E-state index contributed by atoms with van der Waals surface area (Å²) in [5.74, 6) is 0. The van der Waals surface area contributed by atoms with Gasteiger partial charge in [0, 0.05) is 6.04 Å². The second-order valence-corrected chi connectivity index (χ2v) is 6.49. The van der Waals surface area contributed by atoms with Gasteiger partial charge in [0.25, 0.3) is 0 Å². The summed E-state index contributed by atoms with van der Waals surface area (Å²) in [4.78, 5) is 0. The summed E-state index contributed by atoms with van der Waals surface area (Å²) in [5.41, 5.74) is 12.5. The quantitative estimate of drug-likeness (QED) is 0.681. The second kappa shape index (κ2) is 9.97. The normalized spacial score (nSPS) is 13.4. The first-order valence-corrected chi connectivity index (χ1v) is 8.85. The SMILES string of the molecule is C/C=C\C=C(/C)C(N)Cc1ccc(C)c(COCc2ccccc2)c1. The summed E-state index contributed by atoms with van der Waals surface area (Å²) < 4.78 is 5.90. The summed E-state index contributed by atoms with van der Waals surface area (Å²) in [6.45, 7) is 7.48. The van der Waals surface area contributed by atoms with Gasteiger partial charge in [0.2, 0.25) is 0 Å². The third-order valence-corrected chi connectivity index (χ3v) is 4.37. The lowest BCUT2D eigenvalue weighted by Crippen LogP contribution is -2.24. The van der Waals surface area contributed by atoms with E-state index in [0.717, 1.165) is 6.42 Å². The molecule has 0 fully saturated rings. The molecule has 0 saturated heterocycles. The highest BCUT2D eigenvalue weighted by Crippen LogP contribution is 2.16. The van der Waals surface area contributed by atoms with Gasteiger partial charge in [0.1, 0.15) is 0 Å². The summed E-state index contributed by atoms with van der Waals surface area (Å²) >= 11 is 0. The first-order chi connectivity index (χ1) is 12.1. The number of benzene rings is 2. The molecular formula is C23H29NO. The van der Waals surface area contributed by atoms with Crippen LogP contribution in [0.4, 0.5) is 0 Å². The third-order valence-electron chi connectivity index (χ3n) is 4.37. The zero-order chi connectivity index (χ0) is 18.1. The van der Waals surface area contributed by atoms with Crippen molar-refractivity contribution in [1.82, 2.24) is 0 Å². The van der Waals surface area contributed by atoms with Gasteiger partial charge in [-0.25, -0.2) is 0 Å². The van der Waals surface area contributed by atoms with Crippen LogP contribution in [0.15, 0.2) is 72.3 Å². The second-order valence-electron chi connectivity index (χ2n) is 6.49. The van der Waals surface area contributed by atoms with Crippen LogP contribution in [-0.2, 0) is 24.4 Å². The van der Waals surface area contributed by atoms with Crippen LogP contribution in [0.2, 0.25) is 0 Å². The largest absolute Gasteiger partial charge is 0.372 e. The minimum absolute atomic E-state index is 0.0389. The van der Waals surface area contributed by atoms with Crippen molar-refractivity contribution in [3.8, 4) is 0 Å². The van der Waals surface area contributed by atoms with E-state index in [0.29, 0.717) is 13.2 Å². The Hall–Kier alpha value is -2.16. The molecule has 2 rings (SSSR count). The Morgan fingerprint density at radius 3 is 2.56 bits per heavy atom. The Kier molecular flexibility index (Phi) is 7.65. The molecule has 25 heavy (non-hydrogen) atoms. The van der Waals surface area contributed by atoms with Gasteiger partial charge < -0.3 is 10.5 Å². The predicted molar refractivity (Wildman–Crippen MR) is 106 cm³/mol. The van der Waals surface area contributed by atoms with E-state index < -0.39 is 0 Å². The maximum absolute atomic E-state index is 6.32. The fourth-order valence-corrected chi connectivity index (χ4v) is 2.65. The lowest BCUT2D eigenvalue weighted by atomic mass is 9.97. The van der Waals surface area contributed by atoms with Crippen LogP contribution in [0.3, 0.4) is 0 Å². The van der Waals surface area contributed by atoms with E-state index >= 15 is 0 Å².